The van der Waals surface area contributed by atoms with Gasteiger partial charge in [0.15, 0.2) is 15.5 Å². The molecule has 8 heteroatoms. The van der Waals surface area contributed by atoms with Gasteiger partial charge >= 0.3 is 0 Å². The highest BCUT2D eigenvalue weighted by atomic mass is 32.2. The van der Waals surface area contributed by atoms with Crippen LogP contribution in [-0.2, 0) is 16.9 Å². The average molecular weight is 336 g/mol. The lowest BCUT2D eigenvalue weighted by Gasteiger charge is -2.11. The number of hydrogen-bond donors (Lipinski definition) is 1. The van der Waals surface area contributed by atoms with Crippen molar-refractivity contribution in [3.8, 4) is 0 Å². The zero-order chi connectivity index (χ0) is 16.8. The number of rotatable bonds is 3. The van der Waals surface area contributed by atoms with Crippen molar-refractivity contribution in [2.24, 2.45) is 13.0 Å². The second kappa shape index (κ2) is 5.59. The average Bonchev–Trinajstić information content (AvgIpc) is 2.95. The number of nitrogens with one attached hydrogen (secondary N) is 1. The van der Waals surface area contributed by atoms with Gasteiger partial charge in [-0.2, -0.15) is 5.10 Å². The SMILES string of the molecule is Cc1cc(C(=O)NC[C@@H]2CCS(=O)(=O)C2)c2c(C)nn(C)c2n1. The highest BCUT2D eigenvalue weighted by Crippen LogP contribution is 2.22. The topological polar surface area (TPSA) is 94.0 Å². The molecule has 23 heavy (non-hydrogen) atoms. The van der Waals surface area contributed by atoms with Crippen LogP contribution in [0.15, 0.2) is 6.07 Å². The van der Waals surface area contributed by atoms with E-state index in [0.29, 0.717) is 24.2 Å². The predicted molar refractivity (Wildman–Crippen MR) is 87.1 cm³/mol. The molecule has 2 aromatic heterocycles. The Balaban J connectivity index is 1.84. The minimum Gasteiger partial charge on any atom is -0.352 e. The van der Waals surface area contributed by atoms with Crippen molar-refractivity contribution in [2.75, 3.05) is 18.1 Å². The van der Waals surface area contributed by atoms with Gasteiger partial charge in [-0.25, -0.2) is 13.4 Å². The summed E-state index contributed by atoms with van der Waals surface area (Å²) in [5.41, 5.74) is 2.72. The number of sulfone groups is 1. The molecule has 0 unspecified atom stereocenters. The minimum absolute atomic E-state index is 0.00243. The lowest BCUT2D eigenvalue weighted by Crippen LogP contribution is -2.30. The maximum Gasteiger partial charge on any atom is 0.252 e. The third-order valence-corrected chi connectivity index (χ3v) is 6.06. The van der Waals surface area contributed by atoms with Crippen LogP contribution in [0.2, 0.25) is 0 Å². The van der Waals surface area contributed by atoms with E-state index in [9.17, 15) is 13.2 Å². The third-order valence-electron chi connectivity index (χ3n) is 4.22. The van der Waals surface area contributed by atoms with Crippen LogP contribution >= 0.6 is 0 Å². The summed E-state index contributed by atoms with van der Waals surface area (Å²) in [7, 11) is -1.13. The van der Waals surface area contributed by atoms with E-state index in [-0.39, 0.29) is 23.3 Å². The fraction of sp³-hybridized carbons (Fsp3) is 0.533. The van der Waals surface area contributed by atoms with E-state index >= 15 is 0 Å². The Labute approximate surface area is 135 Å². The fourth-order valence-electron chi connectivity index (χ4n) is 3.11. The monoisotopic (exact) mass is 336 g/mol. The smallest absolute Gasteiger partial charge is 0.252 e. The number of carbonyl (C=O) groups is 1. The molecule has 0 radical (unpaired) electrons. The molecule has 7 nitrogen and oxygen atoms in total. The van der Waals surface area contributed by atoms with Crippen molar-refractivity contribution >= 4 is 26.8 Å². The summed E-state index contributed by atoms with van der Waals surface area (Å²) >= 11 is 0. The number of amides is 1. The molecule has 2 aromatic rings. The first-order valence-electron chi connectivity index (χ1n) is 7.56. The number of carbonyl (C=O) groups excluding carboxylic acids is 1. The van der Waals surface area contributed by atoms with E-state index in [1.165, 1.54) is 0 Å². The van der Waals surface area contributed by atoms with Gasteiger partial charge in [-0.05, 0) is 32.3 Å². The van der Waals surface area contributed by atoms with E-state index < -0.39 is 9.84 Å². The van der Waals surface area contributed by atoms with Crippen LogP contribution < -0.4 is 5.32 Å². The van der Waals surface area contributed by atoms with Crippen molar-refractivity contribution in [3.05, 3.63) is 23.0 Å². The molecule has 1 fully saturated rings. The van der Waals surface area contributed by atoms with E-state index in [1.54, 1.807) is 17.8 Å². The molecular formula is C15H20N4O3S. The van der Waals surface area contributed by atoms with Gasteiger partial charge in [-0.15, -0.1) is 0 Å². The Morgan fingerprint density at radius 1 is 1.43 bits per heavy atom. The molecule has 1 atom stereocenters. The summed E-state index contributed by atoms with van der Waals surface area (Å²) in [5.74, 6) is 0.163. The molecule has 1 amide bonds. The van der Waals surface area contributed by atoms with Crippen LogP contribution in [0.5, 0.6) is 0 Å². The van der Waals surface area contributed by atoms with Gasteiger partial charge in [0, 0.05) is 19.3 Å². The normalized spacial score (nSPS) is 20.0. The van der Waals surface area contributed by atoms with E-state index in [2.05, 4.69) is 15.4 Å². The number of aryl methyl sites for hydroxylation is 3. The molecule has 1 N–H and O–H groups in total. The van der Waals surface area contributed by atoms with Gasteiger partial charge in [-0.1, -0.05) is 0 Å². The van der Waals surface area contributed by atoms with Crippen LogP contribution in [0.1, 0.15) is 28.2 Å². The van der Waals surface area contributed by atoms with E-state index in [1.807, 2.05) is 13.8 Å². The number of nitrogens with zero attached hydrogens (tertiary/aromatic N) is 3. The molecule has 0 aromatic carbocycles. The molecule has 0 bridgehead atoms. The number of aromatic nitrogens is 3. The van der Waals surface area contributed by atoms with Crippen LogP contribution in [-0.4, -0.2) is 47.1 Å². The molecule has 1 aliphatic heterocycles. The fourth-order valence-corrected chi connectivity index (χ4v) is 4.98. The Kier molecular flexibility index (Phi) is 3.87. The Hall–Kier alpha value is -1.96. The van der Waals surface area contributed by atoms with Crippen LogP contribution in [0.25, 0.3) is 11.0 Å². The quantitative estimate of drug-likeness (QED) is 0.892. The number of pyridine rings is 1. The van der Waals surface area contributed by atoms with Crippen molar-refractivity contribution in [3.63, 3.8) is 0 Å². The molecule has 0 saturated carbocycles. The lowest BCUT2D eigenvalue weighted by molar-refractivity contribution is 0.0950. The zero-order valence-corrected chi connectivity index (χ0v) is 14.3. The summed E-state index contributed by atoms with van der Waals surface area (Å²) in [5, 5.41) is 7.94. The number of fused-ring (bicyclic) bond motifs is 1. The van der Waals surface area contributed by atoms with E-state index in [0.717, 1.165) is 16.8 Å². The van der Waals surface area contributed by atoms with Crippen molar-refractivity contribution in [1.82, 2.24) is 20.1 Å². The molecular weight excluding hydrogens is 316 g/mol. The van der Waals surface area contributed by atoms with E-state index in [4.69, 9.17) is 0 Å². The maximum atomic E-state index is 12.6. The summed E-state index contributed by atoms with van der Waals surface area (Å²) in [4.78, 5) is 17.0. The van der Waals surface area contributed by atoms with Crippen LogP contribution in [0.4, 0.5) is 0 Å². The number of hydrogen-bond acceptors (Lipinski definition) is 5. The Bertz CT molecular complexity index is 886. The summed E-state index contributed by atoms with van der Waals surface area (Å²) < 4.78 is 24.6. The third kappa shape index (κ3) is 3.08. The second-order valence-corrected chi connectivity index (χ2v) is 8.43. The van der Waals surface area contributed by atoms with Crippen LogP contribution in [0.3, 0.4) is 0 Å². The van der Waals surface area contributed by atoms with Gasteiger partial charge in [0.05, 0.1) is 28.1 Å². The molecule has 1 aliphatic rings. The molecule has 1 saturated heterocycles. The van der Waals surface area contributed by atoms with Gasteiger partial charge in [-0.3, -0.25) is 9.48 Å². The first kappa shape index (κ1) is 15.9. The lowest BCUT2D eigenvalue weighted by atomic mass is 10.1. The molecule has 3 rings (SSSR count). The zero-order valence-electron chi connectivity index (χ0n) is 13.5. The van der Waals surface area contributed by atoms with Crippen molar-refractivity contribution in [1.29, 1.82) is 0 Å². The van der Waals surface area contributed by atoms with Gasteiger partial charge in [0.2, 0.25) is 0 Å². The Morgan fingerprint density at radius 3 is 2.83 bits per heavy atom. The van der Waals surface area contributed by atoms with Gasteiger partial charge < -0.3 is 5.32 Å². The second-order valence-electron chi connectivity index (χ2n) is 6.20. The Morgan fingerprint density at radius 2 is 2.17 bits per heavy atom. The summed E-state index contributed by atoms with van der Waals surface area (Å²) in [6.07, 6.45) is 0.610. The molecule has 124 valence electrons. The first-order chi connectivity index (χ1) is 10.8. The summed E-state index contributed by atoms with van der Waals surface area (Å²) in [6, 6.07) is 1.75. The maximum absolute atomic E-state index is 12.6. The highest BCUT2D eigenvalue weighted by Gasteiger charge is 2.28. The summed E-state index contributed by atoms with van der Waals surface area (Å²) in [6.45, 7) is 4.06. The van der Waals surface area contributed by atoms with Crippen molar-refractivity contribution in [2.45, 2.75) is 20.3 Å². The highest BCUT2D eigenvalue weighted by molar-refractivity contribution is 7.91. The first-order valence-corrected chi connectivity index (χ1v) is 9.38. The van der Waals surface area contributed by atoms with Crippen molar-refractivity contribution < 1.29 is 13.2 Å². The molecule has 0 aliphatic carbocycles. The van der Waals surface area contributed by atoms with Gasteiger partial charge in [0.1, 0.15) is 0 Å². The standard InChI is InChI=1S/C15H20N4O3S/c1-9-6-12(13-10(2)18-19(3)14(13)17-9)15(20)16-7-11-4-5-23(21,22)8-11/h6,11H,4-5,7-8H2,1-3H3,(H,16,20)/t11-/m0/s1. The largest absolute Gasteiger partial charge is 0.352 e. The minimum atomic E-state index is -2.93. The van der Waals surface area contributed by atoms with Crippen LogP contribution in [0, 0.1) is 19.8 Å². The molecule has 0 spiro atoms. The predicted octanol–water partition coefficient (Wildman–Crippen LogP) is 0.750. The van der Waals surface area contributed by atoms with Gasteiger partial charge in [0.25, 0.3) is 5.91 Å². The molecule has 3 heterocycles.